The second kappa shape index (κ2) is 9.78. The van der Waals surface area contributed by atoms with Crippen molar-refractivity contribution in [2.24, 2.45) is 5.92 Å². The zero-order valence-corrected chi connectivity index (χ0v) is 15.4. The molecule has 1 atom stereocenters. The fraction of sp³-hybridized carbons (Fsp3) is 0.842. The standard InChI is InChI=1S/C19H32N2O4/c1-15(22)21(14-18(23)24)17-10-7-12-20(13-11-17)19(25)16-8-5-3-2-4-6-9-16/h16-17H,2-14H2,1H3,(H,23,24). The van der Waals surface area contributed by atoms with Crippen molar-refractivity contribution in [1.29, 1.82) is 0 Å². The Morgan fingerprint density at radius 2 is 1.56 bits per heavy atom. The number of carboxylic acid groups (broad SMARTS) is 1. The minimum Gasteiger partial charge on any atom is -0.480 e. The zero-order valence-electron chi connectivity index (χ0n) is 15.4. The van der Waals surface area contributed by atoms with E-state index in [1.807, 2.05) is 4.90 Å². The molecule has 0 aromatic heterocycles. The predicted molar refractivity (Wildman–Crippen MR) is 95.1 cm³/mol. The molecule has 142 valence electrons. The maximum absolute atomic E-state index is 12.9. The normalized spacial score (nSPS) is 23.2. The van der Waals surface area contributed by atoms with Gasteiger partial charge in [0, 0.05) is 32.0 Å². The Hall–Kier alpha value is -1.59. The second-order valence-corrected chi connectivity index (χ2v) is 7.49. The van der Waals surface area contributed by atoms with Gasteiger partial charge in [0.15, 0.2) is 0 Å². The maximum atomic E-state index is 12.9. The van der Waals surface area contributed by atoms with E-state index in [1.54, 1.807) is 0 Å². The molecule has 1 N–H and O–H groups in total. The largest absolute Gasteiger partial charge is 0.480 e. The molecular weight excluding hydrogens is 320 g/mol. The molecule has 2 amide bonds. The molecular formula is C19H32N2O4. The smallest absolute Gasteiger partial charge is 0.323 e. The van der Waals surface area contributed by atoms with Crippen LogP contribution in [0.15, 0.2) is 0 Å². The SMILES string of the molecule is CC(=O)N(CC(=O)O)C1CCCN(C(=O)C2CCCCCCC2)CC1. The average Bonchev–Trinajstić information content (AvgIpc) is 2.77. The van der Waals surface area contributed by atoms with E-state index in [0.29, 0.717) is 13.0 Å². The number of amides is 2. The van der Waals surface area contributed by atoms with Crippen LogP contribution in [-0.2, 0) is 14.4 Å². The van der Waals surface area contributed by atoms with Crippen LogP contribution in [0.1, 0.15) is 71.1 Å². The summed E-state index contributed by atoms with van der Waals surface area (Å²) in [6.45, 7) is 2.52. The third-order valence-corrected chi connectivity index (χ3v) is 5.61. The van der Waals surface area contributed by atoms with Crippen molar-refractivity contribution in [1.82, 2.24) is 9.80 Å². The topological polar surface area (TPSA) is 77.9 Å². The first kappa shape index (κ1) is 19.7. The lowest BCUT2D eigenvalue weighted by molar-refractivity contribution is -0.145. The van der Waals surface area contributed by atoms with Gasteiger partial charge in [0.1, 0.15) is 6.54 Å². The number of hydrogen-bond acceptors (Lipinski definition) is 3. The number of aliphatic carboxylic acids is 1. The van der Waals surface area contributed by atoms with Gasteiger partial charge in [-0.15, -0.1) is 0 Å². The summed E-state index contributed by atoms with van der Waals surface area (Å²) in [5.74, 6) is -0.760. The highest BCUT2D eigenvalue weighted by molar-refractivity contribution is 5.80. The van der Waals surface area contributed by atoms with Crippen molar-refractivity contribution in [2.75, 3.05) is 19.6 Å². The van der Waals surface area contributed by atoms with Gasteiger partial charge >= 0.3 is 5.97 Å². The van der Waals surface area contributed by atoms with E-state index in [2.05, 4.69) is 0 Å². The first-order valence-corrected chi connectivity index (χ1v) is 9.77. The Balaban J connectivity index is 1.93. The number of nitrogens with zero attached hydrogens (tertiary/aromatic N) is 2. The maximum Gasteiger partial charge on any atom is 0.323 e. The van der Waals surface area contributed by atoms with E-state index in [4.69, 9.17) is 5.11 Å². The molecule has 0 radical (unpaired) electrons. The van der Waals surface area contributed by atoms with E-state index in [-0.39, 0.29) is 30.3 Å². The molecule has 25 heavy (non-hydrogen) atoms. The molecule has 1 saturated heterocycles. The lowest BCUT2D eigenvalue weighted by atomic mass is 9.90. The Labute approximate surface area is 150 Å². The summed E-state index contributed by atoms with van der Waals surface area (Å²) in [5, 5.41) is 9.04. The third kappa shape index (κ3) is 6.01. The number of carbonyl (C=O) groups excluding carboxylic acids is 2. The van der Waals surface area contributed by atoms with Crippen LogP contribution < -0.4 is 0 Å². The van der Waals surface area contributed by atoms with Crippen LogP contribution in [-0.4, -0.2) is 58.4 Å². The molecule has 1 saturated carbocycles. The van der Waals surface area contributed by atoms with Crippen molar-refractivity contribution in [3.63, 3.8) is 0 Å². The number of carbonyl (C=O) groups is 3. The van der Waals surface area contributed by atoms with Crippen LogP contribution in [0.4, 0.5) is 0 Å². The molecule has 2 rings (SSSR count). The van der Waals surface area contributed by atoms with E-state index in [0.717, 1.165) is 45.1 Å². The first-order valence-electron chi connectivity index (χ1n) is 9.77. The fourth-order valence-electron chi connectivity index (χ4n) is 4.22. The summed E-state index contributed by atoms with van der Waals surface area (Å²) in [6.07, 6.45) is 10.3. The fourth-order valence-corrected chi connectivity index (χ4v) is 4.22. The number of rotatable bonds is 4. The Morgan fingerprint density at radius 1 is 0.920 bits per heavy atom. The highest BCUT2D eigenvalue weighted by Crippen LogP contribution is 2.26. The van der Waals surface area contributed by atoms with Crippen LogP contribution in [0, 0.1) is 5.92 Å². The molecule has 0 spiro atoms. The zero-order chi connectivity index (χ0) is 18.2. The number of carboxylic acids is 1. The predicted octanol–water partition coefficient (Wildman–Crippen LogP) is 2.66. The van der Waals surface area contributed by atoms with Gasteiger partial charge in [-0.25, -0.2) is 0 Å². The van der Waals surface area contributed by atoms with E-state index < -0.39 is 5.97 Å². The van der Waals surface area contributed by atoms with Crippen LogP contribution in [0.3, 0.4) is 0 Å². The van der Waals surface area contributed by atoms with Gasteiger partial charge in [0.25, 0.3) is 0 Å². The van der Waals surface area contributed by atoms with Crippen molar-refractivity contribution < 1.29 is 19.5 Å². The molecule has 1 heterocycles. The summed E-state index contributed by atoms with van der Waals surface area (Å²) in [4.78, 5) is 39.2. The quantitative estimate of drug-likeness (QED) is 0.844. The van der Waals surface area contributed by atoms with E-state index in [1.165, 1.54) is 31.1 Å². The molecule has 6 heteroatoms. The summed E-state index contributed by atoms with van der Waals surface area (Å²) in [5.41, 5.74) is 0. The van der Waals surface area contributed by atoms with Gasteiger partial charge in [0.05, 0.1) is 0 Å². The molecule has 6 nitrogen and oxygen atoms in total. The Kier molecular flexibility index (Phi) is 7.72. The Morgan fingerprint density at radius 3 is 2.16 bits per heavy atom. The van der Waals surface area contributed by atoms with Crippen LogP contribution >= 0.6 is 0 Å². The number of likely N-dealkylation sites (tertiary alicyclic amines) is 1. The van der Waals surface area contributed by atoms with Crippen LogP contribution in [0.5, 0.6) is 0 Å². The Bertz CT molecular complexity index is 472. The minimum atomic E-state index is -0.984. The van der Waals surface area contributed by atoms with Gasteiger partial charge in [-0.1, -0.05) is 32.1 Å². The van der Waals surface area contributed by atoms with Crippen molar-refractivity contribution in [3.05, 3.63) is 0 Å². The van der Waals surface area contributed by atoms with Gasteiger partial charge in [-0.05, 0) is 32.1 Å². The third-order valence-electron chi connectivity index (χ3n) is 5.61. The van der Waals surface area contributed by atoms with Gasteiger partial charge in [-0.3, -0.25) is 14.4 Å². The number of hydrogen-bond donors (Lipinski definition) is 1. The lowest BCUT2D eigenvalue weighted by Crippen LogP contribution is -2.43. The molecule has 1 aliphatic heterocycles. The molecule has 2 aliphatic rings. The van der Waals surface area contributed by atoms with Gasteiger partial charge in [-0.2, -0.15) is 0 Å². The molecule has 1 aliphatic carbocycles. The van der Waals surface area contributed by atoms with Crippen molar-refractivity contribution in [3.8, 4) is 0 Å². The molecule has 0 aromatic carbocycles. The molecule has 1 unspecified atom stereocenters. The monoisotopic (exact) mass is 352 g/mol. The average molecular weight is 352 g/mol. The highest BCUT2D eigenvalue weighted by atomic mass is 16.4. The van der Waals surface area contributed by atoms with Gasteiger partial charge in [0.2, 0.25) is 11.8 Å². The summed E-state index contributed by atoms with van der Waals surface area (Å²) < 4.78 is 0. The van der Waals surface area contributed by atoms with E-state index >= 15 is 0 Å². The second-order valence-electron chi connectivity index (χ2n) is 7.49. The van der Waals surface area contributed by atoms with Gasteiger partial charge < -0.3 is 14.9 Å². The van der Waals surface area contributed by atoms with Crippen LogP contribution in [0.25, 0.3) is 0 Å². The molecule has 0 bridgehead atoms. The first-order chi connectivity index (χ1) is 12.0. The molecule has 0 aromatic rings. The summed E-state index contributed by atoms with van der Waals surface area (Å²) in [7, 11) is 0. The minimum absolute atomic E-state index is 0.0799. The lowest BCUT2D eigenvalue weighted by Gasteiger charge is -2.30. The van der Waals surface area contributed by atoms with Crippen molar-refractivity contribution >= 4 is 17.8 Å². The molecule has 2 fully saturated rings. The summed E-state index contributed by atoms with van der Waals surface area (Å²) >= 11 is 0. The highest BCUT2D eigenvalue weighted by Gasteiger charge is 2.30. The van der Waals surface area contributed by atoms with E-state index in [9.17, 15) is 14.4 Å². The van der Waals surface area contributed by atoms with Crippen molar-refractivity contribution in [2.45, 2.75) is 77.2 Å². The summed E-state index contributed by atoms with van der Waals surface area (Å²) in [6, 6.07) is -0.0799. The van der Waals surface area contributed by atoms with Crippen LogP contribution in [0.2, 0.25) is 0 Å².